The zero-order valence-corrected chi connectivity index (χ0v) is 13.7. The fourth-order valence-electron chi connectivity index (χ4n) is 2.65. The number of nitrogens with zero attached hydrogens (tertiary/aromatic N) is 5. The van der Waals surface area contributed by atoms with Gasteiger partial charge in [0.05, 0.1) is 20.3 Å². The monoisotopic (exact) mass is 339 g/mol. The quantitative estimate of drug-likeness (QED) is 0.714. The highest BCUT2D eigenvalue weighted by Crippen LogP contribution is 2.25. The summed E-state index contributed by atoms with van der Waals surface area (Å²) < 4.78 is 16.3. The highest BCUT2D eigenvalue weighted by molar-refractivity contribution is 5.52. The van der Waals surface area contributed by atoms with E-state index in [4.69, 9.17) is 14.0 Å². The van der Waals surface area contributed by atoms with E-state index in [2.05, 4.69) is 20.1 Å². The van der Waals surface area contributed by atoms with Gasteiger partial charge < -0.3 is 18.9 Å². The van der Waals surface area contributed by atoms with Crippen LogP contribution in [0.3, 0.4) is 0 Å². The van der Waals surface area contributed by atoms with Gasteiger partial charge in [0.2, 0.25) is 17.7 Å². The average molecular weight is 339 g/mol. The summed E-state index contributed by atoms with van der Waals surface area (Å²) >= 11 is 0. The molecule has 0 spiro atoms. The minimum atomic E-state index is -0.301. The molecule has 2 aromatic heterocycles. The molecule has 0 saturated carbocycles. The molecule has 4 rings (SSSR count). The van der Waals surface area contributed by atoms with Gasteiger partial charge in [-0.15, -0.1) is 0 Å². The Hall–Kier alpha value is -3.00. The smallest absolute Gasteiger partial charge is 0.258 e. The van der Waals surface area contributed by atoms with Gasteiger partial charge in [-0.25, -0.2) is 4.98 Å². The molecule has 1 aromatic carbocycles. The number of benzene rings is 1. The minimum absolute atomic E-state index is 0.301. The van der Waals surface area contributed by atoms with E-state index in [1.807, 2.05) is 35.2 Å². The first-order valence-electron chi connectivity index (χ1n) is 7.96. The molecule has 0 N–H and O–H groups in total. The van der Waals surface area contributed by atoms with Gasteiger partial charge in [-0.3, -0.25) is 0 Å². The SMILES string of the molecule is COc1ccnc(N2CCO[C@H](c3noc(-c4ccccc4)n3)C2)n1. The van der Waals surface area contributed by atoms with Gasteiger partial charge in [-0.05, 0) is 12.1 Å². The largest absolute Gasteiger partial charge is 0.481 e. The predicted octanol–water partition coefficient (Wildman–Crippen LogP) is 2.11. The molecule has 1 fully saturated rings. The first-order chi connectivity index (χ1) is 12.3. The van der Waals surface area contributed by atoms with Gasteiger partial charge in [0.25, 0.3) is 5.89 Å². The van der Waals surface area contributed by atoms with Crippen LogP contribution in [-0.2, 0) is 4.74 Å². The first-order valence-corrected chi connectivity index (χ1v) is 7.96. The van der Waals surface area contributed by atoms with Gasteiger partial charge in [0.1, 0.15) is 6.10 Å². The van der Waals surface area contributed by atoms with E-state index < -0.39 is 0 Å². The minimum Gasteiger partial charge on any atom is -0.481 e. The van der Waals surface area contributed by atoms with E-state index in [1.54, 1.807) is 19.4 Å². The zero-order chi connectivity index (χ0) is 17.1. The van der Waals surface area contributed by atoms with Gasteiger partial charge >= 0.3 is 0 Å². The summed E-state index contributed by atoms with van der Waals surface area (Å²) in [6.45, 7) is 1.76. The van der Waals surface area contributed by atoms with Crippen LogP contribution in [0.1, 0.15) is 11.9 Å². The number of hydrogen-bond acceptors (Lipinski definition) is 8. The summed E-state index contributed by atoms with van der Waals surface area (Å²) in [6, 6.07) is 11.4. The molecular formula is C17H17N5O3. The van der Waals surface area contributed by atoms with Crippen LogP contribution in [0.15, 0.2) is 47.1 Å². The number of rotatable bonds is 4. The second-order valence-corrected chi connectivity index (χ2v) is 5.53. The van der Waals surface area contributed by atoms with Crippen LogP contribution < -0.4 is 9.64 Å². The number of methoxy groups -OCH3 is 1. The fraction of sp³-hybridized carbons (Fsp3) is 0.294. The van der Waals surface area contributed by atoms with Gasteiger partial charge in [-0.2, -0.15) is 9.97 Å². The number of anilines is 1. The molecule has 0 amide bonds. The van der Waals surface area contributed by atoms with E-state index in [0.29, 0.717) is 43.2 Å². The van der Waals surface area contributed by atoms with Crippen molar-refractivity contribution in [3.63, 3.8) is 0 Å². The molecule has 3 heterocycles. The molecular weight excluding hydrogens is 322 g/mol. The summed E-state index contributed by atoms with van der Waals surface area (Å²) in [5, 5.41) is 4.07. The number of aromatic nitrogens is 4. The van der Waals surface area contributed by atoms with Crippen molar-refractivity contribution in [2.45, 2.75) is 6.10 Å². The molecule has 0 bridgehead atoms. The molecule has 0 aliphatic carbocycles. The van der Waals surface area contributed by atoms with Crippen molar-refractivity contribution in [1.29, 1.82) is 0 Å². The van der Waals surface area contributed by atoms with Crippen molar-refractivity contribution >= 4 is 5.95 Å². The highest BCUT2D eigenvalue weighted by atomic mass is 16.5. The average Bonchev–Trinajstić information content (AvgIpc) is 3.19. The molecule has 128 valence electrons. The standard InChI is InChI=1S/C17H17N5O3/c1-23-14-7-8-18-17(19-14)22-9-10-24-13(11-22)15-20-16(25-21-15)12-5-3-2-4-6-12/h2-8,13H,9-11H2,1H3/t13-/m0/s1. The Balaban J connectivity index is 1.52. The molecule has 1 saturated heterocycles. The van der Waals surface area contributed by atoms with Crippen LogP contribution in [0.5, 0.6) is 5.88 Å². The van der Waals surface area contributed by atoms with Crippen LogP contribution in [-0.4, -0.2) is 46.9 Å². The Labute approximate surface area is 144 Å². The van der Waals surface area contributed by atoms with Crippen molar-refractivity contribution < 1.29 is 14.0 Å². The van der Waals surface area contributed by atoms with Crippen LogP contribution in [0.4, 0.5) is 5.95 Å². The molecule has 8 heteroatoms. The Bertz CT molecular complexity index is 839. The lowest BCUT2D eigenvalue weighted by molar-refractivity contribution is 0.0320. The van der Waals surface area contributed by atoms with E-state index in [-0.39, 0.29) is 6.10 Å². The number of morpholine rings is 1. The predicted molar refractivity (Wildman–Crippen MR) is 89.2 cm³/mol. The third kappa shape index (κ3) is 3.29. The van der Waals surface area contributed by atoms with Crippen molar-refractivity contribution in [3.05, 3.63) is 48.4 Å². The van der Waals surface area contributed by atoms with Gasteiger partial charge in [0, 0.05) is 24.4 Å². The van der Waals surface area contributed by atoms with Gasteiger partial charge in [0.15, 0.2) is 0 Å². The Morgan fingerprint density at radius 3 is 2.88 bits per heavy atom. The maximum atomic E-state index is 5.81. The normalized spacial score (nSPS) is 17.5. The van der Waals surface area contributed by atoms with Crippen LogP contribution in [0, 0.1) is 0 Å². The maximum absolute atomic E-state index is 5.81. The molecule has 1 aliphatic rings. The van der Waals surface area contributed by atoms with E-state index in [0.717, 1.165) is 5.56 Å². The summed E-state index contributed by atoms with van der Waals surface area (Å²) in [7, 11) is 1.58. The summed E-state index contributed by atoms with van der Waals surface area (Å²) in [6.07, 6.45) is 1.37. The molecule has 0 radical (unpaired) electrons. The molecule has 25 heavy (non-hydrogen) atoms. The fourth-order valence-corrected chi connectivity index (χ4v) is 2.65. The van der Waals surface area contributed by atoms with Crippen LogP contribution in [0.2, 0.25) is 0 Å². The third-order valence-corrected chi connectivity index (χ3v) is 3.93. The topological polar surface area (TPSA) is 86.4 Å². The first kappa shape index (κ1) is 15.5. The number of hydrogen-bond donors (Lipinski definition) is 0. The van der Waals surface area contributed by atoms with E-state index in [1.165, 1.54) is 0 Å². The molecule has 1 atom stereocenters. The highest BCUT2D eigenvalue weighted by Gasteiger charge is 2.28. The lowest BCUT2D eigenvalue weighted by Gasteiger charge is -2.31. The Kier molecular flexibility index (Phi) is 4.26. The van der Waals surface area contributed by atoms with Gasteiger partial charge in [-0.1, -0.05) is 23.4 Å². The van der Waals surface area contributed by atoms with Crippen molar-refractivity contribution in [1.82, 2.24) is 20.1 Å². The molecule has 3 aromatic rings. The third-order valence-electron chi connectivity index (χ3n) is 3.93. The maximum Gasteiger partial charge on any atom is 0.258 e. The van der Waals surface area contributed by atoms with E-state index >= 15 is 0 Å². The zero-order valence-electron chi connectivity index (χ0n) is 13.7. The van der Waals surface area contributed by atoms with E-state index in [9.17, 15) is 0 Å². The number of ether oxygens (including phenoxy) is 2. The van der Waals surface area contributed by atoms with Crippen LogP contribution >= 0.6 is 0 Å². The molecule has 8 nitrogen and oxygen atoms in total. The van der Waals surface area contributed by atoms with Crippen molar-refractivity contribution in [2.75, 3.05) is 31.7 Å². The Morgan fingerprint density at radius 2 is 2.04 bits per heavy atom. The summed E-state index contributed by atoms with van der Waals surface area (Å²) in [5.41, 5.74) is 0.880. The molecule has 0 unspecified atom stereocenters. The van der Waals surface area contributed by atoms with Crippen molar-refractivity contribution in [2.24, 2.45) is 0 Å². The van der Waals surface area contributed by atoms with Crippen molar-refractivity contribution in [3.8, 4) is 17.3 Å². The summed E-state index contributed by atoms with van der Waals surface area (Å²) in [4.78, 5) is 15.2. The lowest BCUT2D eigenvalue weighted by Crippen LogP contribution is -2.39. The van der Waals surface area contributed by atoms with Crippen LogP contribution in [0.25, 0.3) is 11.5 Å². The molecule has 1 aliphatic heterocycles. The Morgan fingerprint density at radius 1 is 1.16 bits per heavy atom. The summed E-state index contributed by atoms with van der Waals surface area (Å²) in [5.74, 6) is 2.12. The second-order valence-electron chi connectivity index (χ2n) is 5.53. The second kappa shape index (κ2) is 6.86. The lowest BCUT2D eigenvalue weighted by atomic mass is 10.2.